The van der Waals surface area contributed by atoms with Crippen molar-refractivity contribution in [2.45, 2.75) is 43.6 Å². The number of aliphatic carboxylic acids is 1. The van der Waals surface area contributed by atoms with Crippen molar-refractivity contribution in [2.75, 3.05) is 11.9 Å². The first kappa shape index (κ1) is 26.1. The summed E-state index contributed by atoms with van der Waals surface area (Å²) in [6, 6.07) is 19.1. The Morgan fingerprint density at radius 3 is 2.41 bits per heavy atom. The van der Waals surface area contributed by atoms with Crippen LogP contribution in [0.4, 0.5) is 5.69 Å². The Labute approximate surface area is 240 Å². The molecule has 2 aliphatic rings. The van der Waals surface area contributed by atoms with E-state index in [1.165, 1.54) is 5.56 Å². The van der Waals surface area contributed by atoms with Gasteiger partial charge in [-0.25, -0.2) is 0 Å². The molecule has 1 heterocycles. The third-order valence-electron chi connectivity index (χ3n) is 7.29. The minimum atomic E-state index is -0.890. The summed E-state index contributed by atoms with van der Waals surface area (Å²) in [5.74, 6) is 1.65. The van der Waals surface area contributed by atoms with Crippen LogP contribution in [0.25, 0.3) is 11.3 Å². The zero-order valence-corrected chi connectivity index (χ0v) is 23.1. The Kier molecular flexibility index (Phi) is 7.19. The SMILES string of the molecule is O=C(O)CNc1ccc(C2CC2c2ccc(OCc3c(-c4c(Cl)cccc4Cl)noc3C3CC3)cc2Cl)cc1. The summed E-state index contributed by atoms with van der Waals surface area (Å²) >= 11 is 19.7. The molecule has 3 aromatic carbocycles. The summed E-state index contributed by atoms with van der Waals surface area (Å²) in [6.07, 6.45) is 3.13. The van der Waals surface area contributed by atoms with Gasteiger partial charge in [0.25, 0.3) is 0 Å². The fraction of sp³-hybridized carbons (Fsp3) is 0.267. The molecule has 6 nitrogen and oxygen atoms in total. The molecule has 0 radical (unpaired) electrons. The molecule has 6 rings (SSSR count). The van der Waals surface area contributed by atoms with Crippen molar-refractivity contribution in [1.29, 1.82) is 0 Å². The van der Waals surface area contributed by atoms with Crippen LogP contribution in [0.5, 0.6) is 5.75 Å². The van der Waals surface area contributed by atoms with Gasteiger partial charge < -0.3 is 19.7 Å². The van der Waals surface area contributed by atoms with Crippen LogP contribution >= 0.6 is 34.8 Å². The summed E-state index contributed by atoms with van der Waals surface area (Å²) < 4.78 is 11.9. The van der Waals surface area contributed by atoms with Crippen molar-refractivity contribution in [3.8, 4) is 17.0 Å². The normalized spacial score (nSPS) is 18.1. The molecule has 9 heteroatoms. The largest absolute Gasteiger partial charge is 0.489 e. The lowest BCUT2D eigenvalue weighted by Gasteiger charge is -2.11. The summed E-state index contributed by atoms with van der Waals surface area (Å²) in [7, 11) is 0. The maximum Gasteiger partial charge on any atom is 0.322 e. The van der Waals surface area contributed by atoms with E-state index in [-0.39, 0.29) is 13.2 Å². The Hall–Kier alpha value is -3.19. The molecule has 0 aliphatic heterocycles. The molecule has 0 bridgehead atoms. The predicted octanol–water partition coefficient (Wildman–Crippen LogP) is 8.53. The first-order chi connectivity index (χ1) is 18.9. The molecule has 2 saturated carbocycles. The number of anilines is 1. The molecule has 0 amide bonds. The summed E-state index contributed by atoms with van der Waals surface area (Å²) in [4.78, 5) is 10.8. The molecule has 2 aliphatic carbocycles. The lowest BCUT2D eigenvalue weighted by Crippen LogP contribution is -2.12. The van der Waals surface area contributed by atoms with Gasteiger partial charge in [-0.2, -0.15) is 0 Å². The van der Waals surface area contributed by atoms with E-state index in [1.54, 1.807) is 18.2 Å². The van der Waals surface area contributed by atoms with Crippen LogP contribution in [0, 0.1) is 0 Å². The summed E-state index contributed by atoms with van der Waals surface area (Å²) in [5, 5.41) is 17.7. The summed E-state index contributed by atoms with van der Waals surface area (Å²) in [5.41, 5.74) is 5.21. The molecule has 2 atom stereocenters. The monoisotopic (exact) mass is 582 g/mol. The lowest BCUT2D eigenvalue weighted by molar-refractivity contribution is -0.134. The van der Waals surface area contributed by atoms with E-state index in [2.05, 4.69) is 10.5 Å². The van der Waals surface area contributed by atoms with Gasteiger partial charge in [-0.1, -0.05) is 64.2 Å². The standard InChI is InChI=1S/C30H25Cl3N2O4/c31-24-2-1-3-25(32)28(24)29-23(30(39-35-29)17-4-5-17)15-38-19-10-11-20(26(33)12-19)22-13-21(22)16-6-8-18(9-7-16)34-14-27(36)37/h1-3,6-12,17,21-22,34H,4-5,13-15H2,(H,36,37). The second kappa shape index (κ2) is 10.8. The highest BCUT2D eigenvalue weighted by Crippen LogP contribution is 2.56. The highest BCUT2D eigenvalue weighted by Gasteiger charge is 2.40. The van der Waals surface area contributed by atoms with Crippen molar-refractivity contribution in [2.24, 2.45) is 0 Å². The molecular formula is C30H25Cl3N2O4. The van der Waals surface area contributed by atoms with Gasteiger partial charge in [-0.15, -0.1) is 0 Å². The van der Waals surface area contributed by atoms with Crippen LogP contribution in [0.2, 0.25) is 15.1 Å². The number of nitrogens with zero attached hydrogens (tertiary/aromatic N) is 1. The van der Waals surface area contributed by atoms with Crippen molar-refractivity contribution in [1.82, 2.24) is 5.16 Å². The van der Waals surface area contributed by atoms with Gasteiger partial charge in [0.1, 0.15) is 30.4 Å². The quantitative estimate of drug-likeness (QED) is 0.195. The molecule has 0 saturated heterocycles. The number of rotatable bonds is 10. The number of benzene rings is 3. The van der Waals surface area contributed by atoms with Crippen LogP contribution in [0.15, 0.2) is 65.2 Å². The number of hydrogen-bond acceptors (Lipinski definition) is 5. The number of ether oxygens (including phenoxy) is 1. The van der Waals surface area contributed by atoms with Crippen LogP contribution in [0.3, 0.4) is 0 Å². The van der Waals surface area contributed by atoms with Gasteiger partial charge in [-0.3, -0.25) is 4.79 Å². The Balaban J connectivity index is 1.15. The molecule has 2 N–H and O–H groups in total. The molecule has 200 valence electrons. The minimum Gasteiger partial charge on any atom is -0.489 e. The van der Waals surface area contributed by atoms with E-state index < -0.39 is 5.97 Å². The van der Waals surface area contributed by atoms with Crippen LogP contribution in [0.1, 0.15) is 59.5 Å². The van der Waals surface area contributed by atoms with Crippen LogP contribution in [-0.2, 0) is 11.4 Å². The third-order valence-corrected chi connectivity index (χ3v) is 8.25. The first-order valence-corrected chi connectivity index (χ1v) is 13.9. The van der Waals surface area contributed by atoms with Crippen LogP contribution in [-0.4, -0.2) is 22.8 Å². The predicted molar refractivity (Wildman–Crippen MR) is 152 cm³/mol. The molecule has 39 heavy (non-hydrogen) atoms. The van der Waals surface area contributed by atoms with Crippen LogP contribution < -0.4 is 10.1 Å². The number of halogens is 3. The molecular weight excluding hydrogens is 559 g/mol. The second-order valence-electron chi connectivity index (χ2n) is 10.0. The van der Waals surface area contributed by atoms with Gasteiger partial charge >= 0.3 is 5.97 Å². The fourth-order valence-corrected chi connectivity index (χ4v) is 5.92. The molecule has 0 spiro atoms. The van der Waals surface area contributed by atoms with Crippen molar-refractivity contribution in [3.05, 3.63) is 98.2 Å². The van der Waals surface area contributed by atoms with E-state index in [1.807, 2.05) is 42.5 Å². The zero-order chi connectivity index (χ0) is 27.1. The average molecular weight is 584 g/mol. The molecule has 1 aromatic heterocycles. The maximum atomic E-state index is 10.8. The minimum absolute atomic E-state index is 0.108. The summed E-state index contributed by atoms with van der Waals surface area (Å²) in [6.45, 7) is 0.152. The first-order valence-electron chi connectivity index (χ1n) is 12.8. The van der Waals surface area contributed by atoms with Gasteiger partial charge in [-0.05, 0) is 78.6 Å². The Morgan fingerprint density at radius 2 is 1.74 bits per heavy atom. The van der Waals surface area contributed by atoms with Crippen molar-refractivity contribution >= 4 is 46.5 Å². The van der Waals surface area contributed by atoms with E-state index in [0.29, 0.717) is 49.8 Å². The second-order valence-corrected chi connectivity index (χ2v) is 11.3. The van der Waals surface area contributed by atoms with Gasteiger partial charge in [0.15, 0.2) is 0 Å². The Morgan fingerprint density at radius 1 is 1.00 bits per heavy atom. The number of carboxylic acids is 1. The zero-order valence-electron chi connectivity index (χ0n) is 20.8. The molecule has 2 unspecified atom stereocenters. The highest BCUT2D eigenvalue weighted by atomic mass is 35.5. The number of nitrogens with one attached hydrogen (secondary N) is 1. The van der Waals surface area contributed by atoms with Crippen molar-refractivity contribution < 1.29 is 19.2 Å². The topological polar surface area (TPSA) is 84.6 Å². The van der Waals surface area contributed by atoms with E-state index in [9.17, 15) is 4.79 Å². The van der Waals surface area contributed by atoms with E-state index in [4.69, 9.17) is 49.2 Å². The molecule has 2 fully saturated rings. The number of hydrogen-bond donors (Lipinski definition) is 2. The fourth-order valence-electron chi connectivity index (χ4n) is 5.04. The highest BCUT2D eigenvalue weighted by molar-refractivity contribution is 6.39. The smallest absolute Gasteiger partial charge is 0.322 e. The third kappa shape index (κ3) is 5.60. The Bertz CT molecular complexity index is 1510. The lowest BCUT2D eigenvalue weighted by atomic mass is 10.0. The number of aromatic nitrogens is 1. The van der Waals surface area contributed by atoms with Crippen molar-refractivity contribution in [3.63, 3.8) is 0 Å². The van der Waals surface area contributed by atoms with Gasteiger partial charge in [0.2, 0.25) is 0 Å². The number of carbonyl (C=O) groups is 1. The average Bonchev–Trinajstić information content (AvgIpc) is 3.85. The van der Waals surface area contributed by atoms with E-state index >= 15 is 0 Å². The number of carboxylic acid groups (broad SMARTS) is 1. The van der Waals surface area contributed by atoms with Gasteiger partial charge in [0, 0.05) is 22.2 Å². The molecule has 4 aromatic rings. The maximum absolute atomic E-state index is 10.8. The van der Waals surface area contributed by atoms with E-state index in [0.717, 1.165) is 41.8 Å². The van der Waals surface area contributed by atoms with Gasteiger partial charge in [0.05, 0.1) is 15.6 Å².